The van der Waals surface area contributed by atoms with Crippen LogP contribution >= 0.6 is 39.3 Å². The Morgan fingerprint density at radius 1 is 1.14 bits per heavy atom. The van der Waals surface area contributed by atoms with Gasteiger partial charge in [-0.25, -0.2) is 0 Å². The van der Waals surface area contributed by atoms with E-state index >= 15 is 0 Å². The fourth-order valence-electron chi connectivity index (χ4n) is 2.58. The maximum absolute atomic E-state index is 13.0. The number of hydrogen-bond donors (Lipinski definition) is 1. The van der Waals surface area contributed by atoms with E-state index in [1.165, 1.54) is 11.8 Å². The van der Waals surface area contributed by atoms with E-state index in [-0.39, 0.29) is 23.6 Å². The van der Waals surface area contributed by atoms with Crippen molar-refractivity contribution in [3.8, 4) is 0 Å². The molecule has 0 bridgehead atoms. The van der Waals surface area contributed by atoms with Gasteiger partial charge < -0.3 is 10.2 Å². The molecule has 0 aliphatic rings. The molecular formula is C21H24BrClN2O2S. The Balaban J connectivity index is 2.14. The molecule has 2 rings (SSSR count). The smallest absolute Gasteiger partial charge is 0.242 e. The van der Waals surface area contributed by atoms with Crippen molar-refractivity contribution in [2.45, 2.75) is 44.3 Å². The Morgan fingerprint density at radius 2 is 1.82 bits per heavy atom. The van der Waals surface area contributed by atoms with Crippen LogP contribution in [-0.2, 0) is 16.1 Å². The molecule has 4 nitrogen and oxygen atoms in total. The summed E-state index contributed by atoms with van der Waals surface area (Å²) in [4.78, 5) is 28.1. The maximum atomic E-state index is 13.0. The van der Waals surface area contributed by atoms with E-state index in [0.717, 1.165) is 14.9 Å². The Morgan fingerprint density at radius 3 is 2.43 bits per heavy atom. The van der Waals surface area contributed by atoms with Crippen LogP contribution in [-0.4, -0.2) is 34.6 Å². The highest BCUT2D eigenvalue weighted by atomic mass is 79.9. The Labute approximate surface area is 184 Å². The van der Waals surface area contributed by atoms with Crippen molar-refractivity contribution >= 4 is 51.1 Å². The highest BCUT2D eigenvalue weighted by Gasteiger charge is 2.26. The molecule has 7 heteroatoms. The van der Waals surface area contributed by atoms with E-state index in [9.17, 15) is 9.59 Å². The van der Waals surface area contributed by atoms with Gasteiger partial charge in [0.2, 0.25) is 11.8 Å². The SMILES string of the molecule is CC(C)NC(=O)[C@H](C)N(Cc1cccc(Br)c1)C(=O)CSc1ccc(Cl)cc1. The van der Waals surface area contributed by atoms with Gasteiger partial charge in [-0.05, 0) is 62.7 Å². The maximum Gasteiger partial charge on any atom is 0.242 e. The number of thioether (sulfide) groups is 1. The first-order valence-electron chi connectivity index (χ1n) is 8.99. The molecule has 1 atom stereocenters. The molecule has 0 aromatic heterocycles. The van der Waals surface area contributed by atoms with Gasteiger partial charge in [0.1, 0.15) is 6.04 Å². The summed E-state index contributed by atoms with van der Waals surface area (Å²) in [6.07, 6.45) is 0. The summed E-state index contributed by atoms with van der Waals surface area (Å²) in [7, 11) is 0. The lowest BCUT2D eigenvalue weighted by atomic mass is 10.1. The Bertz CT molecular complexity index is 814. The molecule has 150 valence electrons. The molecule has 0 saturated heterocycles. The number of carbonyl (C=O) groups is 2. The molecule has 2 aromatic rings. The zero-order valence-corrected chi connectivity index (χ0v) is 19.3. The quantitative estimate of drug-likeness (QED) is 0.529. The molecule has 0 spiro atoms. The lowest BCUT2D eigenvalue weighted by molar-refractivity contribution is -0.138. The average molecular weight is 484 g/mol. The Hall–Kier alpha value is -1.50. The van der Waals surface area contributed by atoms with Gasteiger partial charge in [0.25, 0.3) is 0 Å². The third kappa shape index (κ3) is 7.15. The summed E-state index contributed by atoms with van der Waals surface area (Å²) in [6.45, 7) is 5.94. The molecule has 0 aliphatic carbocycles. The number of amides is 2. The lowest BCUT2D eigenvalue weighted by Crippen LogP contribution is -2.49. The van der Waals surface area contributed by atoms with Gasteiger partial charge >= 0.3 is 0 Å². The van der Waals surface area contributed by atoms with E-state index in [1.807, 2.05) is 50.2 Å². The monoisotopic (exact) mass is 482 g/mol. The van der Waals surface area contributed by atoms with Crippen molar-refractivity contribution < 1.29 is 9.59 Å². The molecular weight excluding hydrogens is 460 g/mol. The van der Waals surface area contributed by atoms with E-state index < -0.39 is 6.04 Å². The predicted molar refractivity (Wildman–Crippen MR) is 120 cm³/mol. The molecule has 0 aliphatic heterocycles. The van der Waals surface area contributed by atoms with Gasteiger partial charge in [0.05, 0.1) is 5.75 Å². The molecule has 0 fully saturated rings. The van der Waals surface area contributed by atoms with Crippen molar-refractivity contribution in [1.29, 1.82) is 0 Å². The first-order chi connectivity index (χ1) is 13.3. The summed E-state index contributed by atoms with van der Waals surface area (Å²) in [5.74, 6) is -0.00394. The number of nitrogens with zero attached hydrogens (tertiary/aromatic N) is 1. The molecule has 1 N–H and O–H groups in total. The second kappa shape index (κ2) is 10.9. The highest BCUT2D eigenvalue weighted by Crippen LogP contribution is 2.22. The molecule has 0 saturated carbocycles. The van der Waals surface area contributed by atoms with Crippen LogP contribution in [0.3, 0.4) is 0 Å². The van der Waals surface area contributed by atoms with Crippen LogP contribution in [0, 0.1) is 0 Å². The third-order valence-electron chi connectivity index (χ3n) is 4.02. The Kier molecular flexibility index (Phi) is 8.86. The molecule has 2 amide bonds. The van der Waals surface area contributed by atoms with E-state index in [4.69, 9.17) is 11.6 Å². The minimum absolute atomic E-state index is 0.0150. The zero-order chi connectivity index (χ0) is 20.7. The van der Waals surface area contributed by atoms with Crippen molar-refractivity contribution in [3.63, 3.8) is 0 Å². The number of hydrogen-bond acceptors (Lipinski definition) is 3. The lowest BCUT2D eigenvalue weighted by Gasteiger charge is -2.29. The summed E-state index contributed by atoms with van der Waals surface area (Å²) < 4.78 is 0.937. The first-order valence-corrected chi connectivity index (χ1v) is 11.1. The van der Waals surface area contributed by atoms with Gasteiger partial charge in [0, 0.05) is 27.0 Å². The van der Waals surface area contributed by atoms with Crippen LogP contribution in [0.25, 0.3) is 0 Å². The largest absolute Gasteiger partial charge is 0.352 e. The zero-order valence-electron chi connectivity index (χ0n) is 16.1. The second-order valence-electron chi connectivity index (χ2n) is 6.73. The van der Waals surface area contributed by atoms with Crippen molar-refractivity contribution in [2.24, 2.45) is 0 Å². The van der Waals surface area contributed by atoms with Crippen molar-refractivity contribution in [2.75, 3.05) is 5.75 Å². The van der Waals surface area contributed by atoms with E-state index in [1.54, 1.807) is 24.0 Å². The van der Waals surface area contributed by atoms with Crippen molar-refractivity contribution in [1.82, 2.24) is 10.2 Å². The van der Waals surface area contributed by atoms with Gasteiger partial charge in [-0.1, -0.05) is 39.7 Å². The third-order valence-corrected chi connectivity index (χ3v) is 5.76. The van der Waals surface area contributed by atoms with Crippen LogP contribution in [0.2, 0.25) is 5.02 Å². The second-order valence-corrected chi connectivity index (χ2v) is 9.13. The van der Waals surface area contributed by atoms with Gasteiger partial charge in [-0.2, -0.15) is 0 Å². The number of nitrogens with one attached hydrogen (secondary N) is 1. The van der Waals surface area contributed by atoms with Crippen LogP contribution in [0.5, 0.6) is 0 Å². The van der Waals surface area contributed by atoms with Gasteiger partial charge in [-0.3, -0.25) is 9.59 Å². The van der Waals surface area contributed by atoms with Crippen LogP contribution in [0.1, 0.15) is 26.3 Å². The summed E-state index contributed by atoms with van der Waals surface area (Å²) >= 11 is 10.8. The number of halogens is 2. The predicted octanol–water partition coefficient (Wildman–Crippen LogP) is 5.14. The average Bonchev–Trinajstić information content (AvgIpc) is 2.64. The summed E-state index contributed by atoms with van der Waals surface area (Å²) in [6, 6.07) is 14.6. The van der Waals surface area contributed by atoms with Crippen LogP contribution < -0.4 is 5.32 Å². The first kappa shape index (κ1) is 22.8. The number of rotatable bonds is 8. The molecule has 0 radical (unpaired) electrons. The molecule has 28 heavy (non-hydrogen) atoms. The van der Waals surface area contributed by atoms with Gasteiger partial charge in [-0.15, -0.1) is 11.8 Å². The summed E-state index contributed by atoms with van der Waals surface area (Å²) in [5, 5.41) is 3.55. The van der Waals surface area contributed by atoms with E-state index in [2.05, 4.69) is 21.2 Å². The minimum atomic E-state index is -0.570. The standard InChI is InChI=1S/C21H24BrClN2O2S/c1-14(2)24-21(27)15(3)25(12-16-5-4-6-17(22)11-16)20(26)13-28-19-9-7-18(23)8-10-19/h4-11,14-15H,12-13H2,1-3H3,(H,24,27)/t15-/m0/s1. The molecule has 0 unspecified atom stereocenters. The van der Waals surface area contributed by atoms with Crippen molar-refractivity contribution in [3.05, 3.63) is 63.6 Å². The number of benzene rings is 2. The minimum Gasteiger partial charge on any atom is -0.352 e. The summed E-state index contributed by atoms with van der Waals surface area (Å²) in [5.41, 5.74) is 0.961. The highest BCUT2D eigenvalue weighted by molar-refractivity contribution is 9.10. The van der Waals surface area contributed by atoms with E-state index in [0.29, 0.717) is 11.6 Å². The number of carbonyl (C=O) groups excluding carboxylic acids is 2. The molecule has 2 aromatic carbocycles. The normalized spacial score (nSPS) is 11.9. The van der Waals surface area contributed by atoms with Crippen LogP contribution in [0.15, 0.2) is 57.9 Å². The fraction of sp³-hybridized carbons (Fsp3) is 0.333. The molecule has 0 heterocycles. The van der Waals surface area contributed by atoms with Crippen LogP contribution in [0.4, 0.5) is 0 Å². The van der Waals surface area contributed by atoms with Gasteiger partial charge in [0.15, 0.2) is 0 Å². The topological polar surface area (TPSA) is 49.4 Å². The fourth-order valence-corrected chi connectivity index (χ4v) is 3.94.